The zero-order chi connectivity index (χ0) is 12.5. The van der Waals surface area contributed by atoms with E-state index in [2.05, 4.69) is 4.90 Å². The molecule has 0 saturated carbocycles. The monoisotopic (exact) mass is 265 g/mol. The summed E-state index contributed by atoms with van der Waals surface area (Å²) in [4.78, 5) is 14.4. The zero-order valence-electron chi connectivity index (χ0n) is 10.1. The predicted molar refractivity (Wildman–Crippen MR) is 69.8 cm³/mol. The van der Waals surface area contributed by atoms with E-state index in [9.17, 15) is 4.79 Å². The molecule has 0 amide bonds. The number of fused-ring (bicyclic) bond motifs is 3. The van der Waals surface area contributed by atoms with E-state index in [-0.39, 0.29) is 12.1 Å². The van der Waals surface area contributed by atoms with Gasteiger partial charge in [-0.1, -0.05) is 11.6 Å². The highest BCUT2D eigenvalue weighted by atomic mass is 35.5. The molecule has 3 aliphatic rings. The van der Waals surface area contributed by atoms with Gasteiger partial charge in [-0.25, -0.2) is 4.79 Å². The molecule has 96 valence electrons. The Bertz CT molecular complexity index is 438. The topological polar surface area (TPSA) is 29.5 Å². The second kappa shape index (κ2) is 4.90. The average Bonchev–Trinajstić information content (AvgIpc) is 2.41. The normalized spacial score (nSPS) is 30.2. The third-order valence-corrected chi connectivity index (χ3v) is 4.19. The van der Waals surface area contributed by atoms with Crippen molar-refractivity contribution < 1.29 is 9.53 Å². The first kappa shape index (κ1) is 12.0. The summed E-state index contributed by atoms with van der Waals surface area (Å²) in [6.07, 6.45) is 2.37. The standard InChI is InChI=1S/C14H16ClNO2/c15-12-3-1-11(2-4-12)14(17)18-13-9-16-7-5-10(13)6-8-16/h1-4,10,13H,5-9H2/t13-/m1/s1. The highest BCUT2D eigenvalue weighted by Gasteiger charge is 2.36. The Balaban J connectivity index is 1.66. The number of ether oxygens (including phenoxy) is 1. The van der Waals surface area contributed by atoms with Gasteiger partial charge in [0.2, 0.25) is 0 Å². The molecule has 3 aliphatic heterocycles. The van der Waals surface area contributed by atoms with E-state index in [1.54, 1.807) is 24.3 Å². The number of rotatable bonds is 2. The fourth-order valence-electron chi connectivity index (χ4n) is 2.84. The van der Waals surface area contributed by atoms with E-state index >= 15 is 0 Å². The molecule has 3 heterocycles. The molecule has 18 heavy (non-hydrogen) atoms. The highest BCUT2D eigenvalue weighted by molar-refractivity contribution is 6.30. The average molecular weight is 266 g/mol. The van der Waals surface area contributed by atoms with Crippen LogP contribution in [0, 0.1) is 5.92 Å². The summed E-state index contributed by atoms with van der Waals surface area (Å²) in [7, 11) is 0. The zero-order valence-corrected chi connectivity index (χ0v) is 10.9. The van der Waals surface area contributed by atoms with Crippen LogP contribution in [0.1, 0.15) is 23.2 Å². The molecule has 0 unspecified atom stereocenters. The third-order valence-electron chi connectivity index (χ3n) is 3.93. The predicted octanol–water partition coefficient (Wildman–Crippen LogP) is 2.59. The van der Waals surface area contributed by atoms with Gasteiger partial charge < -0.3 is 4.74 Å². The lowest BCUT2D eigenvalue weighted by atomic mass is 9.86. The molecule has 0 radical (unpaired) electrons. The quantitative estimate of drug-likeness (QED) is 0.770. The second-order valence-corrected chi connectivity index (χ2v) is 5.53. The molecule has 2 bridgehead atoms. The Morgan fingerprint density at radius 2 is 1.89 bits per heavy atom. The lowest BCUT2D eigenvalue weighted by molar-refractivity contribution is -0.0455. The summed E-state index contributed by atoms with van der Waals surface area (Å²) in [6, 6.07) is 6.86. The van der Waals surface area contributed by atoms with Crippen molar-refractivity contribution in [2.24, 2.45) is 5.92 Å². The Kier molecular flexibility index (Phi) is 3.27. The number of nitrogens with zero attached hydrogens (tertiary/aromatic N) is 1. The fraction of sp³-hybridized carbons (Fsp3) is 0.500. The van der Waals surface area contributed by atoms with Crippen LogP contribution in [0.5, 0.6) is 0 Å². The van der Waals surface area contributed by atoms with Gasteiger partial charge in [-0.3, -0.25) is 4.90 Å². The van der Waals surface area contributed by atoms with Crippen LogP contribution in [-0.4, -0.2) is 36.6 Å². The molecular formula is C14H16ClNO2. The van der Waals surface area contributed by atoms with Crippen LogP contribution in [0.2, 0.25) is 5.02 Å². The molecule has 3 fully saturated rings. The molecule has 0 aliphatic carbocycles. The summed E-state index contributed by atoms with van der Waals surface area (Å²) in [5.74, 6) is 0.316. The van der Waals surface area contributed by atoms with Crippen molar-refractivity contribution in [3.8, 4) is 0 Å². The Morgan fingerprint density at radius 1 is 1.22 bits per heavy atom. The van der Waals surface area contributed by atoms with E-state index in [0.29, 0.717) is 16.5 Å². The van der Waals surface area contributed by atoms with E-state index in [1.807, 2.05) is 0 Å². The molecule has 4 rings (SSSR count). The first-order chi connectivity index (χ1) is 8.72. The highest BCUT2D eigenvalue weighted by Crippen LogP contribution is 2.30. The number of carbonyl (C=O) groups excluding carboxylic acids is 1. The SMILES string of the molecule is O=C(O[C@@H]1CN2CCC1CC2)c1ccc(Cl)cc1. The van der Waals surface area contributed by atoms with Crippen LogP contribution >= 0.6 is 11.6 Å². The van der Waals surface area contributed by atoms with Crippen LogP contribution in [-0.2, 0) is 4.74 Å². The minimum absolute atomic E-state index is 0.0654. The largest absolute Gasteiger partial charge is 0.457 e. The molecule has 0 spiro atoms. The van der Waals surface area contributed by atoms with Crippen LogP contribution in [0.4, 0.5) is 0 Å². The molecule has 0 aromatic heterocycles. The van der Waals surface area contributed by atoms with Crippen molar-refractivity contribution in [3.63, 3.8) is 0 Å². The van der Waals surface area contributed by atoms with Crippen LogP contribution in [0.15, 0.2) is 24.3 Å². The number of halogens is 1. The van der Waals surface area contributed by atoms with E-state index < -0.39 is 0 Å². The van der Waals surface area contributed by atoms with E-state index in [1.165, 1.54) is 0 Å². The lowest BCUT2D eigenvalue weighted by Gasteiger charge is -2.43. The first-order valence-electron chi connectivity index (χ1n) is 6.41. The number of benzene rings is 1. The van der Waals surface area contributed by atoms with Crippen molar-refractivity contribution in [2.45, 2.75) is 18.9 Å². The Hall–Kier alpha value is -1.06. The minimum atomic E-state index is -0.231. The van der Waals surface area contributed by atoms with Crippen LogP contribution in [0.3, 0.4) is 0 Å². The molecule has 1 atom stereocenters. The number of carbonyl (C=O) groups is 1. The summed E-state index contributed by atoms with van der Waals surface area (Å²) < 4.78 is 5.63. The van der Waals surface area contributed by atoms with Gasteiger partial charge in [-0.15, -0.1) is 0 Å². The maximum atomic E-state index is 12.0. The maximum absolute atomic E-state index is 12.0. The molecule has 0 N–H and O–H groups in total. The minimum Gasteiger partial charge on any atom is -0.457 e. The van der Waals surface area contributed by atoms with Gasteiger partial charge in [0.15, 0.2) is 0 Å². The lowest BCUT2D eigenvalue weighted by Crippen LogP contribution is -2.51. The molecule has 4 heteroatoms. The van der Waals surface area contributed by atoms with Gasteiger partial charge in [-0.05, 0) is 56.1 Å². The molecule has 1 aromatic rings. The van der Waals surface area contributed by atoms with Crippen LogP contribution in [0.25, 0.3) is 0 Å². The van der Waals surface area contributed by atoms with Gasteiger partial charge >= 0.3 is 5.97 Å². The van der Waals surface area contributed by atoms with E-state index in [4.69, 9.17) is 16.3 Å². The fourth-order valence-corrected chi connectivity index (χ4v) is 2.96. The van der Waals surface area contributed by atoms with Gasteiger partial charge in [0.1, 0.15) is 6.10 Å². The third kappa shape index (κ3) is 2.38. The second-order valence-electron chi connectivity index (χ2n) is 5.09. The van der Waals surface area contributed by atoms with Gasteiger partial charge in [-0.2, -0.15) is 0 Å². The van der Waals surface area contributed by atoms with Gasteiger partial charge in [0, 0.05) is 11.6 Å². The van der Waals surface area contributed by atoms with Gasteiger partial charge in [0.25, 0.3) is 0 Å². The van der Waals surface area contributed by atoms with Crippen molar-refractivity contribution in [3.05, 3.63) is 34.9 Å². The number of hydrogen-bond donors (Lipinski definition) is 0. The molecule has 1 aromatic carbocycles. The Morgan fingerprint density at radius 3 is 2.44 bits per heavy atom. The summed E-state index contributed by atoms with van der Waals surface area (Å²) in [5, 5.41) is 0.634. The molecule has 3 nitrogen and oxygen atoms in total. The number of esters is 1. The maximum Gasteiger partial charge on any atom is 0.338 e. The van der Waals surface area contributed by atoms with Crippen molar-refractivity contribution in [1.29, 1.82) is 0 Å². The smallest absolute Gasteiger partial charge is 0.338 e. The molecular weight excluding hydrogens is 250 g/mol. The first-order valence-corrected chi connectivity index (χ1v) is 6.79. The van der Waals surface area contributed by atoms with Crippen molar-refractivity contribution in [1.82, 2.24) is 4.90 Å². The summed E-state index contributed by atoms with van der Waals surface area (Å²) in [5.41, 5.74) is 0.579. The number of hydrogen-bond acceptors (Lipinski definition) is 3. The summed E-state index contributed by atoms with van der Waals surface area (Å²) >= 11 is 5.80. The van der Waals surface area contributed by atoms with Crippen molar-refractivity contribution in [2.75, 3.05) is 19.6 Å². The number of piperidine rings is 3. The van der Waals surface area contributed by atoms with Crippen LogP contribution < -0.4 is 0 Å². The molecule has 3 saturated heterocycles. The van der Waals surface area contributed by atoms with Gasteiger partial charge in [0.05, 0.1) is 5.56 Å². The summed E-state index contributed by atoms with van der Waals surface area (Å²) in [6.45, 7) is 3.20. The Labute approximate surface area is 112 Å². The van der Waals surface area contributed by atoms with Crippen molar-refractivity contribution >= 4 is 17.6 Å². The van der Waals surface area contributed by atoms with E-state index in [0.717, 1.165) is 32.5 Å².